The van der Waals surface area contributed by atoms with Crippen LogP contribution in [0.4, 0.5) is 0 Å². The van der Waals surface area contributed by atoms with E-state index in [2.05, 4.69) is 0 Å². The van der Waals surface area contributed by atoms with Crippen LogP contribution in [0, 0.1) is 6.92 Å². The van der Waals surface area contributed by atoms with Gasteiger partial charge in [0.15, 0.2) is 0 Å². The summed E-state index contributed by atoms with van der Waals surface area (Å²) in [5, 5.41) is 0. The van der Waals surface area contributed by atoms with Gasteiger partial charge in [-0.3, -0.25) is 13.9 Å². The minimum atomic E-state index is -0.504. The van der Waals surface area contributed by atoms with E-state index in [4.69, 9.17) is 9.47 Å². The molecule has 1 saturated heterocycles. The lowest BCUT2D eigenvalue weighted by molar-refractivity contribution is 0.0512. The second-order valence-corrected chi connectivity index (χ2v) is 6.01. The van der Waals surface area contributed by atoms with E-state index in [0.29, 0.717) is 23.3 Å². The number of methoxy groups -OCH3 is 1. The van der Waals surface area contributed by atoms with E-state index in [1.165, 1.54) is 11.7 Å². The van der Waals surface area contributed by atoms with Crippen molar-refractivity contribution >= 4 is 5.97 Å². The lowest BCUT2D eigenvalue weighted by Crippen LogP contribution is -2.42. The molecule has 1 aliphatic rings. The number of carbonyl (C=O) groups is 1. The summed E-state index contributed by atoms with van der Waals surface area (Å²) in [5.74, 6) is -0.504. The largest absolute Gasteiger partial charge is 0.465 e. The summed E-state index contributed by atoms with van der Waals surface area (Å²) in [7, 11) is 1.29. The number of ether oxygens (including phenoxy) is 2. The molecular formula is C18H20N2O5. The first-order chi connectivity index (χ1) is 12.0. The molecule has 0 amide bonds. The van der Waals surface area contributed by atoms with Gasteiger partial charge in [-0.05, 0) is 31.4 Å². The highest BCUT2D eigenvalue weighted by Gasteiger charge is 2.22. The Hall–Kier alpha value is -2.67. The Morgan fingerprint density at radius 2 is 2.08 bits per heavy atom. The number of hydrogen-bond donors (Lipinski definition) is 0. The fraction of sp³-hybridized carbons (Fsp3) is 0.389. The van der Waals surface area contributed by atoms with Crippen molar-refractivity contribution in [2.45, 2.75) is 32.5 Å². The van der Waals surface area contributed by atoms with Crippen molar-refractivity contribution in [1.82, 2.24) is 9.13 Å². The molecule has 0 spiro atoms. The summed E-state index contributed by atoms with van der Waals surface area (Å²) >= 11 is 0. The zero-order chi connectivity index (χ0) is 18.0. The third-order valence-electron chi connectivity index (χ3n) is 4.33. The normalized spacial score (nSPS) is 16.8. The molecule has 0 aliphatic carbocycles. The van der Waals surface area contributed by atoms with Crippen molar-refractivity contribution in [3.8, 4) is 0 Å². The Balaban J connectivity index is 2.08. The number of esters is 1. The summed E-state index contributed by atoms with van der Waals surface area (Å²) in [4.78, 5) is 37.2. The van der Waals surface area contributed by atoms with Gasteiger partial charge in [0.1, 0.15) is 6.23 Å². The van der Waals surface area contributed by atoms with Crippen molar-refractivity contribution in [3.63, 3.8) is 0 Å². The minimum absolute atomic E-state index is 0.00264. The highest BCUT2D eigenvalue weighted by atomic mass is 16.5. The molecule has 7 nitrogen and oxygen atoms in total. The Morgan fingerprint density at radius 3 is 2.76 bits per heavy atom. The van der Waals surface area contributed by atoms with Gasteiger partial charge in [0.2, 0.25) is 0 Å². The summed E-state index contributed by atoms with van der Waals surface area (Å²) in [6.45, 7) is 2.26. The average Bonchev–Trinajstić information content (AvgIpc) is 3.16. The Bertz CT molecular complexity index is 906. The van der Waals surface area contributed by atoms with Gasteiger partial charge in [0.25, 0.3) is 5.56 Å². The molecule has 0 radical (unpaired) electrons. The van der Waals surface area contributed by atoms with Gasteiger partial charge < -0.3 is 9.47 Å². The monoisotopic (exact) mass is 344 g/mol. The first kappa shape index (κ1) is 17.2. The molecule has 2 heterocycles. The predicted octanol–water partition coefficient (Wildman–Crippen LogP) is 1.46. The number of nitrogens with zero attached hydrogens (tertiary/aromatic N) is 2. The van der Waals surface area contributed by atoms with E-state index < -0.39 is 11.7 Å². The van der Waals surface area contributed by atoms with E-state index in [-0.39, 0.29) is 18.3 Å². The molecule has 1 unspecified atom stereocenters. The number of aryl methyl sites for hydroxylation is 1. The number of aromatic nitrogens is 2. The smallest absolute Gasteiger partial charge is 0.338 e. The van der Waals surface area contributed by atoms with Crippen LogP contribution in [0.2, 0.25) is 0 Å². The van der Waals surface area contributed by atoms with Gasteiger partial charge in [-0.15, -0.1) is 0 Å². The van der Waals surface area contributed by atoms with Crippen LogP contribution in [0.3, 0.4) is 0 Å². The highest BCUT2D eigenvalue weighted by molar-refractivity contribution is 5.90. The molecule has 25 heavy (non-hydrogen) atoms. The van der Waals surface area contributed by atoms with Crippen LogP contribution in [-0.4, -0.2) is 28.8 Å². The van der Waals surface area contributed by atoms with Crippen molar-refractivity contribution in [2.24, 2.45) is 0 Å². The molecule has 1 aliphatic heterocycles. The van der Waals surface area contributed by atoms with Crippen LogP contribution >= 0.6 is 0 Å². The second-order valence-electron chi connectivity index (χ2n) is 6.01. The molecule has 1 atom stereocenters. The average molecular weight is 344 g/mol. The van der Waals surface area contributed by atoms with Crippen LogP contribution in [-0.2, 0) is 16.0 Å². The van der Waals surface area contributed by atoms with E-state index in [1.807, 2.05) is 0 Å². The summed E-state index contributed by atoms with van der Waals surface area (Å²) in [5.41, 5.74) is 0.520. The SMILES string of the molecule is COC(=O)c1ccccc1Cn1c(=O)c(C)cn(C2CCCO2)c1=O. The third-order valence-corrected chi connectivity index (χ3v) is 4.33. The van der Waals surface area contributed by atoms with E-state index in [0.717, 1.165) is 17.4 Å². The first-order valence-corrected chi connectivity index (χ1v) is 8.13. The Kier molecular flexibility index (Phi) is 4.85. The van der Waals surface area contributed by atoms with Crippen molar-refractivity contribution in [2.75, 3.05) is 13.7 Å². The van der Waals surface area contributed by atoms with Gasteiger partial charge >= 0.3 is 11.7 Å². The first-order valence-electron chi connectivity index (χ1n) is 8.13. The Morgan fingerprint density at radius 1 is 1.32 bits per heavy atom. The number of hydrogen-bond acceptors (Lipinski definition) is 5. The van der Waals surface area contributed by atoms with Gasteiger partial charge in [0, 0.05) is 18.4 Å². The van der Waals surface area contributed by atoms with Gasteiger partial charge in [-0.1, -0.05) is 18.2 Å². The molecule has 1 fully saturated rings. The van der Waals surface area contributed by atoms with E-state index in [9.17, 15) is 14.4 Å². The highest BCUT2D eigenvalue weighted by Crippen LogP contribution is 2.21. The lowest BCUT2D eigenvalue weighted by Gasteiger charge is -2.17. The molecule has 0 N–H and O–H groups in total. The van der Waals surface area contributed by atoms with Crippen LogP contribution < -0.4 is 11.2 Å². The molecule has 3 rings (SSSR count). The molecule has 2 aromatic rings. The Labute approximate surface area is 144 Å². The molecule has 1 aromatic heterocycles. The standard InChI is InChI=1S/C18H20N2O5/c1-12-10-19(15-8-5-9-25-15)18(23)20(16(12)21)11-13-6-3-4-7-14(13)17(22)24-2/h3-4,6-7,10,15H,5,8-9,11H2,1-2H3. The summed E-state index contributed by atoms with van der Waals surface area (Å²) in [6, 6.07) is 6.78. The fourth-order valence-corrected chi connectivity index (χ4v) is 3.02. The van der Waals surface area contributed by atoms with E-state index in [1.54, 1.807) is 37.4 Å². The number of rotatable bonds is 4. The second kappa shape index (κ2) is 7.06. The van der Waals surface area contributed by atoms with Crippen LogP contribution in [0.5, 0.6) is 0 Å². The van der Waals surface area contributed by atoms with Crippen molar-refractivity contribution < 1.29 is 14.3 Å². The van der Waals surface area contributed by atoms with Crippen LogP contribution in [0.15, 0.2) is 40.1 Å². The van der Waals surface area contributed by atoms with Gasteiger partial charge in [-0.2, -0.15) is 0 Å². The summed E-state index contributed by atoms with van der Waals surface area (Å²) < 4.78 is 12.9. The molecule has 132 valence electrons. The zero-order valence-corrected chi connectivity index (χ0v) is 14.2. The van der Waals surface area contributed by atoms with Crippen LogP contribution in [0.1, 0.15) is 40.6 Å². The molecule has 7 heteroatoms. The molecule has 0 bridgehead atoms. The topological polar surface area (TPSA) is 79.5 Å². The molecule has 1 aromatic carbocycles. The molecular weight excluding hydrogens is 324 g/mol. The maximum atomic E-state index is 12.8. The summed E-state index contributed by atoms with van der Waals surface area (Å²) in [6.07, 6.45) is 2.80. The quantitative estimate of drug-likeness (QED) is 0.785. The zero-order valence-electron chi connectivity index (χ0n) is 14.2. The number of benzene rings is 1. The maximum absolute atomic E-state index is 12.8. The predicted molar refractivity (Wildman–Crippen MR) is 90.8 cm³/mol. The minimum Gasteiger partial charge on any atom is -0.465 e. The van der Waals surface area contributed by atoms with Gasteiger partial charge in [0.05, 0.1) is 19.2 Å². The van der Waals surface area contributed by atoms with Crippen molar-refractivity contribution in [1.29, 1.82) is 0 Å². The third kappa shape index (κ3) is 3.28. The van der Waals surface area contributed by atoms with Crippen LogP contribution in [0.25, 0.3) is 0 Å². The maximum Gasteiger partial charge on any atom is 0.338 e. The molecule has 0 saturated carbocycles. The number of carbonyl (C=O) groups excluding carboxylic acids is 1. The van der Waals surface area contributed by atoms with E-state index >= 15 is 0 Å². The van der Waals surface area contributed by atoms with Crippen molar-refractivity contribution in [3.05, 3.63) is 68.0 Å². The fourth-order valence-electron chi connectivity index (χ4n) is 3.02. The van der Waals surface area contributed by atoms with Gasteiger partial charge in [-0.25, -0.2) is 9.59 Å². The lowest BCUT2D eigenvalue weighted by atomic mass is 10.1.